The molecule has 0 fully saturated rings. The minimum Gasteiger partial charge on any atom is -0.465 e. The number of esters is 1. The number of ether oxygens (including phenoxy) is 1. The van der Waals surface area contributed by atoms with Gasteiger partial charge in [0.05, 0.1) is 12.8 Å². The van der Waals surface area contributed by atoms with Crippen molar-refractivity contribution in [3.8, 4) is 11.1 Å². The number of thiocarbonyl (C=S) groups is 1. The molecule has 0 unspecified atom stereocenters. The number of thiophene rings is 1. The highest BCUT2D eigenvalue weighted by Gasteiger charge is 2.22. The van der Waals surface area contributed by atoms with Crippen molar-refractivity contribution in [1.29, 1.82) is 0 Å². The Hall–Kier alpha value is -2.84. The highest BCUT2D eigenvalue weighted by Crippen LogP contribution is 2.36. The molecular formula is C19H14F2N2O2S2. The molecule has 27 heavy (non-hydrogen) atoms. The third-order valence-corrected chi connectivity index (χ3v) is 4.78. The standard InChI is InChI=1S/C19H14F2N2O2S2/c1-25-18(24)16-13(11-6-8-12(20)9-7-11)10-27-17(16)23-19(26)22-15-5-3-2-4-14(15)21/h2-10H,1H3,(H2,22,23,26). The van der Waals surface area contributed by atoms with Crippen molar-refractivity contribution in [1.82, 2.24) is 0 Å². The molecule has 1 heterocycles. The molecule has 0 aliphatic heterocycles. The summed E-state index contributed by atoms with van der Waals surface area (Å²) in [7, 11) is 1.27. The summed E-state index contributed by atoms with van der Waals surface area (Å²) in [6, 6.07) is 11.9. The first-order chi connectivity index (χ1) is 13.0. The lowest BCUT2D eigenvalue weighted by atomic mass is 10.0. The molecule has 3 rings (SSSR count). The summed E-state index contributed by atoms with van der Waals surface area (Å²) in [5, 5.41) is 7.96. The number of benzene rings is 2. The smallest absolute Gasteiger partial charge is 0.341 e. The third kappa shape index (κ3) is 4.29. The second kappa shape index (κ2) is 8.24. The van der Waals surface area contributed by atoms with Gasteiger partial charge in [-0.3, -0.25) is 0 Å². The zero-order chi connectivity index (χ0) is 19.4. The highest BCUT2D eigenvalue weighted by molar-refractivity contribution is 7.80. The van der Waals surface area contributed by atoms with Crippen molar-refractivity contribution >= 4 is 45.3 Å². The van der Waals surface area contributed by atoms with Gasteiger partial charge in [-0.05, 0) is 42.0 Å². The number of hydrogen-bond donors (Lipinski definition) is 2. The van der Waals surface area contributed by atoms with E-state index in [0.717, 1.165) is 0 Å². The fraction of sp³-hybridized carbons (Fsp3) is 0.0526. The van der Waals surface area contributed by atoms with Gasteiger partial charge in [-0.15, -0.1) is 11.3 Å². The topological polar surface area (TPSA) is 50.4 Å². The number of halogens is 2. The Balaban J connectivity index is 1.89. The number of hydrogen-bond acceptors (Lipinski definition) is 4. The second-order valence-electron chi connectivity index (χ2n) is 5.41. The first-order valence-corrected chi connectivity index (χ1v) is 9.06. The van der Waals surface area contributed by atoms with Crippen molar-refractivity contribution in [2.24, 2.45) is 0 Å². The zero-order valence-electron chi connectivity index (χ0n) is 14.1. The summed E-state index contributed by atoms with van der Waals surface area (Å²) in [5.41, 5.74) is 1.73. The summed E-state index contributed by atoms with van der Waals surface area (Å²) in [4.78, 5) is 12.3. The predicted molar refractivity (Wildman–Crippen MR) is 107 cm³/mol. The van der Waals surface area contributed by atoms with Crippen LogP contribution in [-0.2, 0) is 4.74 Å². The maximum Gasteiger partial charge on any atom is 0.341 e. The van der Waals surface area contributed by atoms with E-state index >= 15 is 0 Å². The molecule has 0 atom stereocenters. The van der Waals surface area contributed by atoms with Crippen LogP contribution in [0.3, 0.4) is 0 Å². The summed E-state index contributed by atoms with van der Waals surface area (Å²) in [5.74, 6) is -1.39. The Morgan fingerprint density at radius 1 is 1.07 bits per heavy atom. The maximum atomic E-state index is 13.8. The minimum atomic E-state index is -0.563. The lowest BCUT2D eigenvalue weighted by molar-refractivity contribution is 0.0603. The molecule has 0 bridgehead atoms. The largest absolute Gasteiger partial charge is 0.465 e. The number of anilines is 2. The van der Waals surface area contributed by atoms with Crippen molar-refractivity contribution in [2.75, 3.05) is 17.7 Å². The van der Waals surface area contributed by atoms with E-state index in [1.54, 1.807) is 35.7 Å². The lowest BCUT2D eigenvalue weighted by Crippen LogP contribution is -2.20. The number of methoxy groups -OCH3 is 1. The normalized spacial score (nSPS) is 10.3. The Bertz CT molecular complexity index is 988. The van der Waals surface area contributed by atoms with E-state index < -0.39 is 11.8 Å². The van der Waals surface area contributed by atoms with Gasteiger partial charge in [-0.25, -0.2) is 13.6 Å². The highest BCUT2D eigenvalue weighted by atomic mass is 32.1. The molecule has 138 valence electrons. The molecule has 2 aromatic carbocycles. The van der Waals surface area contributed by atoms with Crippen LogP contribution in [0.4, 0.5) is 19.5 Å². The van der Waals surface area contributed by atoms with Crippen LogP contribution >= 0.6 is 23.6 Å². The van der Waals surface area contributed by atoms with Gasteiger partial charge in [0.1, 0.15) is 22.2 Å². The van der Waals surface area contributed by atoms with E-state index in [1.807, 2.05) is 0 Å². The fourth-order valence-corrected chi connectivity index (χ4v) is 3.65. The lowest BCUT2D eigenvalue weighted by Gasteiger charge is -2.12. The monoisotopic (exact) mass is 404 g/mol. The van der Waals surface area contributed by atoms with Gasteiger partial charge >= 0.3 is 5.97 Å². The molecule has 8 heteroatoms. The zero-order valence-corrected chi connectivity index (χ0v) is 15.7. The van der Waals surface area contributed by atoms with Gasteiger partial charge in [0.25, 0.3) is 0 Å². The molecule has 1 aromatic heterocycles. The summed E-state index contributed by atoms with van der Waals surface area (Å²) >= 11 is 6.45. The molecule has 0 amide bonds. The summed E-state index contributed by atoms with van der Waals surface area (Å²) in [6.07, 6.45) is 0. The van der Waals surface area contributed by atoms with E-state index in [1.165, 1.54) is 36.6 Å². The van der Waals surface area contributed by atoms with Crippen LogP contribution in [0, 0.1) is 11.6 Å². The van der Waals surface area contributed by atoms with Crippen molar-refractivity contribution in [3.05, 3.63) is 71.1 Å². The van der Waals surface area contributed by atoms with Crippen LogP contribution in [0.5, 0.6) is 0 Å². The molecule has 2 N–H and O–H groups in total. The molecule has 0 saturated heterocycles. The fourth-order valence-electron chi connectivity index (χ4n) is 2.42. The molecule has 0 aliphatic carbocycles. The Morgan fingerprint density at radius 2 is 1.78 bits per heavy atom. The Labute approximate surface area is 163 Å². The molecule has 0 spiro atoms. The molecular weight excluding hydrogens is 390 g/mol. The summed E-state index contributed by atoms with van der Waals surface area (Å²) in [6.45, 7) is 0. The SMILES string of the molecule is COC(=O)c1c(-c2ccc(F)cc2)csc1NC(=S)Nc1ccccc1F. The number of rotatable bonds is 4. The van der Waals surface area contributed by atoms with E-state index in [0.29, 0.717) is 16.1 Å². The van der Waals surface area contributed by atoms with E-state index in [2.05, 4.69) is 10.6 Å². The van der Waals surface area contributed by atoms with E-state index in [4.69, 9.17) is 17.0 Å². The first kappa shape index (κ1) is 18.9. The van der Waals surface area contributed by atoms with Crippen LogP contribution in [0.25, 0.3) is 11.1 Å². The van der Waals surface area contributed by atoms with Crippen molar-refractivity contribution in [2.45, 2.75) is 0 Å². The van der Waals surface area contributed by atoms with Gasteiger partial charge in [-0.2, -0.15) is 0 Å². The van der Waals surface area contributed by atoms with Gasteiger partial charge in [-0.1, -0.05) is 24.3 Å². The van der Waals surface area contributed by atoms with Crippen LogP contribution in [0.2, 0.25) is 0 Å². The quantitative estimate of drug-likeness (QED) is 0.457. The average molecular weight is 404 g/mol. The number of carbonyl (C=O) groups is 1. The van der Waals surface area contributed by atoms with Crippen LogP contribution < -0.4 is 10.6 Å². The van der Waals surface area contributed by atoms with Crippen molar-refractivity contribution in [3.63, 3.8) is 0 Å². The van der Waals surface area contributed by atoms with Crippen LogP contribution in [0.1, 0.15) is 10.4 Å². The maximum absolute atomic E-state index is 13.8. The van der Waals surface area contributed by atoms with Gasteiger partial charge < -0.3 is 15.4 Å². The minimum absolute atomic E-state index is 0.123. The Morgan fingerprint density at radius 3 is 2.44 bits per heavy atom. The molecule has 0 radical (unpaired) electrons. The number of carbonyl (C=O) groups excluding carboxylic acids is 1. The van der Waals surface area contributed by atoms with Gasteiger partial charge in [0.2, 0.25) is 0 Å². The third-order valence-electron chi connectivity index (χ3n) is 3.68. The van der Waals surface area contributed by atoms with Crippen LogP contribution in [0.15, 0.2) is 53.9 Å². The van der Waals surface area contributed by atoms with Gasteiger partial charge in [0.15, 0.2) is 5.11 Å². The van der Waals surface area contributed by atoms with Crippen LogP contribution in [-0.4, -0.2) is 18.2 Å². The molecule has 0 saturated carbocycles. The molecule has 0 aliphatic rings. The second-order valence-corrected chi connectivity index (χ2v) is 6.70. The average Bonchev–Trinajstić information content (AvgIpc) is 3.07. The predicted octanol–water partition coefficient (Wildman–Crippen LogP) is 5.29. The Kier molecular flexibility index (Phi) is 5.78. The van der Waals surface area contributed by atoms with Crippen molar-refractivity contribution < 1.29 is 18.3 Å². The molecule has 4 nitrogen and oxygen atoms in total. The number of nitrogens with one attached hydrogen (secondary N) is 2. The summed E-state index contributed by atoms with van der Waals surface area (Å²) < 4.78 is 31.8. The number of para-hydroxylation sites is 1. The van der Waals surface area contributed by atoms with E-state index in [9.17, 15) is 13.6 Å². The molecule has 3 aromatic rings. The first-order valence-electron chi connectivity index (χ1n) is 7.78. The van der Waals surface area contributed by atoms with E-state index in [-0.39, 0.29) is 22.2 Å². The van der Waals surface area contributed by atoms with Gasteiger partial charge in [0, 0.05) is 10.9 Å².